The van der Waals surface area contributed by atoms with E-state index in [2.05, 4.69) is 169 Å². The Kier molecular flexibility index (Phi) is 7.46. The van der Waals surface area contributed by atoms with Crippen LogP contribution in [0, 0.1) is 11.3 Å². The average molecular weight is 671 g/mol. The Morgan fingerprint density at radius 2 is 1.42 bits per heavy atom. The molecule has 5 aromatic carbocycles. The molecule has 0 bridgehead atoms. The molecule has 4 aliphatic rings. The topological polar surface area (TPSA) is 17.8 Å². The van der Waals surface area contributed by atoms with E-state index in [9.17, 15) is 0 Å². The number of hydrogen-bond donors (Lipinski definition) is 0. The zero-order valence-corrected chi connectivity index (χ0v) is 29.7. The number of rotatable bonds is 5. The maximum atomic E-state index is 5.15. The Balaban J connectivity index is 1.14. The van der Waals surface area contributed by atoms with Crippen molar-refractivity contribution < 1.29 is 0 Å². The van der Waals surface area contributed by atoms with Gasteiger partial charge >= 0.3 is 0 Å². The lowest BCUT2D eigenvalue weighted by Crippen LogP contribution is -2.27. The molecular weight excluding hydrogens is 629 g/mol. The smallest absolute Gasteiger partial charge is 0.145 e. The zero-order chi connectivity index (χ0) is 34.6. The van der Waals surface area contributed by atoms with Gasteiger partial charge in [0.2, 0.25) is 0 Å². The van der Waals surface area contributed by atoms with Crippen LogP contribution in [0.4, 0.5) is 0 Å². The number of aromatic nitrogens is 2. The first-order valence-electron chi connectivity index (χ1n) is 19.0. The molecule has 2 nitrogen and oxygen atoms in total. The lowest BCUT2D eigenvalue weighted by Gasteiger charge is -2.38. The SMILES string of the molecule is CC12C=C(c3c4ccccc4c(C4=CC=CCC4)c4cc(-c5ccc(-n6c(-c7ccccc7)nc7c6C=CCC7)cc5)ccc34)C=CC1C=CCC2. The highest BCUT2D eigenvalue weighted by Gasteiger charge is 2.34. The highest BCUT2D eigenvalue weighted by Crippen LogP contribution is 2.49. The van der Waals surface area contributed by atoms with E-state index in [4.69, 9.17) is 4.98 Å². The zero-order valence-electron chi connectivity index (χ0n) is 29.7. The third-order valence-electron chi connectivity index (χ3n) is 11.9. The molecule has 0 N–H and O–H groups in total. The lowest BCUT2D eigenvalue weighted by molar-refractivity contribution is 0.316. The maximum Gasteiger partial charge on any atom is 0.145 e. The van der Waals surface area contributed by atoms with Crippen molar-refractivity contribution in [3.05, 3.63) is 174 Å². The molecule has 0 amide bonds. The van der Waals surface area contributed by atoms with E-state index < -0.39 is 0 Å². The van der Waals surface area contributed by atoms with Crippen molar-refractivity contribution >= 4 is 38.8 Å². The first-order valence-corrected chi connectivity index (χ1v) is 19.0. The van der Waals surface area contributed by atoms with Crippen LogP contribution < -0.4 is 0 Å². The van der Waals surface area contributed by atoms with Crippen molar-refractivity contribution in [2.75, 3.05) is 0 Å². The summed E-state index contributed by atoms with van der Waals surface area (Å²) in [5, 5.41) is 5.35. The average Bonchev–Trinajstić information content (AvgIpc) is 3.60. The van der Waals surface area contributed by atoms with Gasteiger partial charge in [0.05, 0.1) is 11.4 Å². The quantitative estimate of drug-likeness (QED) is 0.132. The van der Waals surface area contributed by atoms with Crippen LogP contribution in [-0.2, 0) is 6.42 Å². The predicted molar refractivity (Wildman–Crippen MR) is 220 cm³/mol. The van der Waals surface area contributed by atoms with Crippen LogP contribution in [0.2, 0.25) is 0 Å². The van der Waals surface area contributed by atoms with E-state index in [1.807, 2.05) is 0 Å². The Morgan fingerprint density at radius 1 is 0.654 bits per heavy atom. The summed E-state index contributed by atoms with van der Waals surface area (Å²) in [6.45, 7) is 2.45. The largest absolute Gasteiger partial charge is 0.293 e. The third kappa shape index (κ3) is 5.12. The van der Waals surface area contributed by atoms with E-state index >= 15 is 0 Å². The van der Waals surface area contributed by atoms with E-state index in [1.165, 1.54) is 72.8 Å². The van der Waals surface area contributed by atoms with Crippen molar-refractivity contribution in [2.24, 2.45) is 11.3 Å². The van der Waals surface area contributed by atoms with Crippen LogP contribution >= 0.6 is 0 Å². The first kappa shape index (κ1) is 31.0. The molecule has 10 rings (SSSR count). The summed E-state index contributed by atoms with van der Waals surface area (Å²) in [6.07, 6.45) is 30.1. The van der Waals surface area contributed by atoms with Crippen molar-refractivity contribution in [3.63, 3.8) is 0 Å². The monoisotopic (exact) mass is 670 g/mol. The van der Waals surface area contributed by atoms with Crippen molar-refractivity contribution in [1.82, 2.24) is 9.55 Å². The molecule has 52 heavy (non-hydrogen) atoms. The lowest BCUT2D eigenvalue weighted by atomic mass is 9.66. The van der Waals surface area contributed by atoms with Crippen LogP contribution in [0.3, 0.4) is 0 Å². The summed E-state index contributed by atoms with van der Waals surface area (Å²) >= 11 is 0. The van der Waals surface area contributed by atoms with E-state index in [-0.39, 0.29) is 5.41 Å². The van der Waals surface area contributed by atoms with Gasteiger partial charge in [0, 0.05) is 17.2 Å². The molecule has 252 valence electrons. The number of aryl methyl sites for hydroxylation is 1. The molecule has 2 unspecified atom stereocenters. The summed E-state index contributed by atoms with van der Waals surface area (Å²) in [5.41, 5.74) is 12.7. The van der Waals surface area contributed by atoms with Gasteiger partial charge in [-0.05, 0) is 123 Å². The van der Waals surface area contributed by atoms with E-state index in [0.29, 0.717) is 5.92 Å². The second-order valence-electron chi connectivity index (χ2n) is 15.1. The molecule has 6 aromatic rings. The molecule has 2 atom stereocenters. The first-order chi connectivity index (χ1) is 25.6. The van der Waals surface area contributed by atoms with Crippen LogP contribution in [-0.4, -0.2) is 9.55 Å². The molecule has 0 fully saturated rings. The second-order valence-corrected chi connectivity index (χ2v) is 15.1. The molecule has 4 aliphatic carbocycles. The van der Waals surface area contributed by atoms with Gasteiger partial charge < -0.3 is 0 Å². The van der Waals surface area contributed by atoms with Crippen molar-refractivity contribution in [2.45, 2.75) is 45.4 Å². The predicted octanol–water partition coefficient (Wildman–Crippen LogP) is 13.1. The van der Waals surface area contributed by atoms with Gasteiger partial charge in [-0.15, -0.1) is 0 Å². The number of hydrogen-bond acceptors (Lipinski definition) is 1. The molecular formula is C50H42N2. The molecule has 0 spiro atoms. The molecule has 0 saturated carbocycles. The normalized spacial score (nSPS) is 20.5. The fourth-order valence-electron chi connectivity index (χ4n) is 9.16. The van der Waals surface area contributed by atoms with Crippen molar-refractivity contribution in [1.29, 1.82) is 0 Å². The summed E-state index contributed by atoms with van der Waals surface area (Å²) < 4.78 is 2.34. The molecule has 0 aliphatic heterocycles. The Hall–Kier alpha value is -5.73. The summed E-state index contributed by atoms with van der Waals surface area (Å²) in [5.74, 6) is 1.47. The van der Waals surface area contributed by atoms with Gasteiger partial charge in [-0.3, -0.25) is 4.57 Å². The van der Waals surface area contributed by atoms with E-state index in [1.54, 1.807) is 0 Å². The van der Waals surface area contributed by atoms with Gasteiger partial charge in [0.25, 0.3) is 0 Å². The standard InChI is InChI=1S/C50H42N2/c1-50-31-13-12-18-39(50)27-23-38(33-50)48-42-20-9-8-19-41(42)47(35-14-4-2-5-15-35)44-32-37(26-30-43(44)48)34-24-28-40(29-25-34)52-46-22-11-10-21-45(46)51-49(52)36-16-6-3-7-17-36/h2-4,6-9,11-12,14,16-20,22-30,32-33,39H,5,10,13,15,21,31H2,1H3. The van der Waals surface area contributed by atoms with E-state index in [0.717, 1.165) is 49.2 Å². The summed E-state index contributed by atoms with van der Waals surface area (Å²) in [4.78, 5) is 5.15. The minimum Gasteiger partial charge on any atom is -0.293 e. The fraction of sp³-hybridized carbons (Fsp3) is 0.180. The minimum atomic E-state index is 0.133. The van der Waals surface area contributed by atoms with Crippen molar-refractivity contribution in [3.8, 4) is 28.2 Å². The molecule has 0 radical (unpaired) electrons. The minimum absolute atomic E-state index is 0.133. The fourth-order valence-corrected chi connectivity index (χ4v) is 9.16. The molecule has 1 heterocycles. The highest BCUT2D eigenvalue weighted by atomic mass is 15.1. The Morgan fingerprint density at radius 3 is 2.25 bits per heavy atom. The van der Waals surface area contributed by atoms with Gasteiger partial charge in [0.15, 0.2) is 0 Å². The maximum absolute atomic E-state index is 5.15. The molecule has 1 aromatic heterocycles. The highest BCUT2D eigenvalue weighted by molar-refractivity contribution is 6.17. The second kappa shape index (κ2) is 12.5. The number of allylic oxidation sites excluding steroid dienone is 11. The number of nitrogens with zero attached hydrogens (tertiary/aromatic N) is 2. The molecule has 2 heteroatoms. The number of fused-ring (bicyclic) bond motifs is 4. The third-order valence-corrected chi connectivity index (χ3v) is 11.9. The number of benzene rings is 5. The Labute approximate surface area is 306 Å². The number of imidazole rings is 1. The van der Waals surface area contributed by atoms with Gasteiger partial charge in [0.1, 0.15) is 5.82 Å². The van der Waals surface area contributed by atoms with Crippen LogP contribution in [0.15, 0.2) is 152 Å². The van der Waals surface area contributed by atoms with Crippen LogP contribution in [0.1, 0.15) is 61.5 Å². The Bertz CT molecular complexity index is 2570. The van der Waals surface area contributed by atoms with Gasteiger partial charge in [-0.1, -0.05) is 140 Å². The molecule has 0 saturated heterocycles. The summed E-state index contributed by atoms with van der Waals surface area (Å²) in [6, 6.07) is 36.0. The van der Waals surface area contributed by atoms with Crippen LogP contribution in [0.25, 0.3) is 67.0 Å². The van der Waals surface area contributed by atoms with Gasteiger partial charge in [-0.25, -0.2) is 4.98 Å². The van der Waals surface area contributed by atoms with Gasteiger partial charge in [-0.2, -0.15) is 0 Å². The summed E-state index contributed by atoms with van der Waals surface area (Å²) in [7, 11) is 0. The van der Waals surface area contributed by atoms with Crippen LogP contribution in [0.5, 0.6) is 0 Å².